The Morgan fingerprint density at radius 3 is 2.75 bits per heavy atom. The van der Waals surface area contributed by atoms with E-state index in [9.17, 15) is 4.79 Å². The first kappa shape index (κ1) is 15.0. The lowest BCUT2D eigenvalue weighted by Gasteiger charge is -2.20. The van der Waals surface area contributed by atoms with Crippen molar-refractivity contribution in [2.75, 3.05) is 6.61 Å². The molecule has 0 aromatic heterocycles. The van der Waals surface area contributed by atoms with E-state index in [0.717, 1.165) is 29.3 Å². The maximum absolute atomic E-state index is 11.2. The fraction of sp³-hybridized carbons (Fsp3) is 0.429. The molecule has 1 fully saturated rings. The Hall–Kier alpha value is -1.40. The van der Waals surface area contributed by atoms with Crippen molar-refractivity contribution in [2.45, 2.75) is 32.0 Å². The van der Waals surface area contributed by atoms with Gasteiger partial charge in [-0.3, -0.25) is 0 Å². The molecule has 1 unspecified atom stereocenters. The number of oxime groups is 1. The van der Waals surface area contributed by atoms with Gasteiger partial charge in [-0.2, -0.15) is 0 Å². The van der Waals surface area contributed by atoms with Crippen molar-refractivity contribution in [1.29, 1.82) is 0 Å². The maximum atomic E-state index is 11.2. The van der Waals surface area contributed by atoms with Gasteiger partial charge in [0.1, 0.15) is 0 Å². The second-order valence-electron chi connectivity index (χ2n) is 4.55. The average molecular weight is 342 g/mol. The van der Waals surface area contributed by atoms with Crippen molar-refractivity contribution in [2.24, 2.45) is 5.16 Å². The van der Waals surface area contributed by atoms with Crippen LogP contribution in [0.15, 0.2) is 33.9 Å². The molecule has 0 saturated carbocycles. The zero-order valence-electron chi connectivity index (χ0n) is 10.9. The van der Waals surface area contributed by atoms with Crippen LogP contribution in [0, 0.1) is 0 Å². The number of hydrogen-bond donors (Lipinski definition) is 1. The van der Waals surface area contributed by atoms with E-state index in [-0.39, 0.29) is 12.1 Å². The van der Waals surface area contributed by atoms with Gasteiger partial charge in [-0.25, -0.2) is 4.79 Å². The van der Waals surface area contributed by atoms with Crippen LogP contribution in [0.25, 0.3) is 0 Å². The Morgan fingerprint density at radius 2 is 2.15 bits per heavy atom. The summed E-state index contributed by atoms with van der Waals surface area (Å²) in [5, 5.41) is 12.9. The summed E-state index contributed by atoms with van der Waals surface area (Å²) in [5.41, 5.74) is 0.837. The van der Waals surface area contributed by atoms with E-state index in [2.05, 4.69) is 21.1 Å². The molecule has 0 bridgehead atoms. The number of carbonyl (C=O) groups is 1. The predicted octanol–water partition coefficient (Wildman–Crippen LogP) is 2.98. The van der Waals surface area contributed by atoms with Crippen LogP contribution in [-0.4, -0.2) is 29.7 Å². The first-order valence-corrected chi connectivity index (χ1v) is 7.26. The Morgan fingerprint density at radius 1 is 1.40 bits per heavy atom. The highest BCUT2D eigenvalue weighted by molar-refractivity contribution is 9.10. The van der Waals surface area contributed by atoms with Crippen molar-refractivity contribution in [3.8, 4) is 0 Å². The van der Waals surface area contributed by atoms with E-state index in [0.29, 0.717) is 6.61 Å². The minimum Gasteiger partial charge on any atom is -0.477 e. The fourth-order valence-corrected chi connectivity index (χ4v) is 2.12. The number of aliphatic carboxylic acids is 1. The van der Waals surface area contributed by atoms with Gasteiger partial charge in [-0.15, -0.1) is 0 Å². The van der Waals surface area contributed by atoms with E-state index in [1.165, 1.54) is 0 Å². The SMILES string of the molecule is O=C(O)/C(Cc1ccc(Br)cc1)=N/OC1CCCCO1. The number of halogens is 1. The molecule has 0 spiro atoms. The molecule has 1 N–H and O–H groups in total. The second kappa shape index (κ2) is 7.40. The molecule has 0 amide bonds. The largest absolute Gasteiger partial charge is 0.477 e. The number of benzene rings is 1. The number of ether oxygens (including phenoxy) is 1. The van der Waals surface area contributed by atoms with Gasteiger partial charge in [-0.05, 0) is 30.5 Å². The van der Waals surface area contributed by atoms with Gasteiger partial charge in [-0.1, -0.05) is 33.2 Å². The standard InChI is InChI=1S/C14H16BrNO4/c15-11-6-4-10(5-7-11)9-12(14(17)18)16-20-13-3-1-2-8-19-13/h4-7,13H,1-3,8-9H2,(H,17,18)/b16-12+. The van der Waals surface area contributed by atoms with Gasteiger partial charge in [0.25, 0.3) is 0 Å². The van der Waals surface area contributed by atoms with Crippen LogP contribution in [-0.2, 0) is 20.8 Å². The Balaban J connectivity index is 1.98. The van der Waals surface area contributed by atoms with Gasteiger partial charge in [0.2, 0.25) is 6.29 Å². The fourth-order valence-electron chi connectivity index (χ4n) is 1.86. The van der Waals surface area contributed by atoms with Gasteiger partial charge < -0.3 is 14.7 Å². The first-order valence-electron chi connectivity index (χ1n) is 6.47. The minimum atomic E-state index is -1.08. The molecule has 108 valence electrons. The molecule has 1 aliphatic rings. The third kappa shape index (κ3) is 4.61. The van der Waals surface area contributed by atoms with Gasteiger partial charge >= 0.3 is 5.97 Å². The number of hydrogen-bond acceptors (Lipinski definition) is 4. The van der Waals surface area contributed by atoms with Crippen LogP contribution in [0.1, 0.15) is 24.8 Å². The molecule has 1 aromatic rings. The summed E-state index contributed by atoms with van der Waals surface area (Å²) in [7, 11) is 0. The highest BCUT2D eigenvalue weighted by Gasteiger charge is 2.17. The molecule has 6 heteroatoms. The zero-order valence-corrected chi connectivity index (χ0v) is 12.5. The van der Waals surface area contributed by atoms with Crippen molar-refractivity contribution in [3.63, 3.8) is 0 Å². The minimum absolute atomic E-state index is 0.0264. The van der Waals surface area contributed by atoms with Crippen LogP contribution in [0.2, 0.25) is 0 Å². The molecule has 20 heavy (non-hydrogen) atoms. The molecule has 1 aromatic carbocycles. The van der Waals surface area contributed by atoms with Gasteiger partial charge in [0, 0.05) is 17.3 Å². The monoisotopic (exact) mass is 341 g/mol. The molecule has 1 aliphatic heterocycles. The highest BCUT2D eigenvalue weighted by atomic mass is 79.9. The third-order valence-corrected chi connectivity index (χ3v) is 3.48. The predicted molar refractivity (Wildman–Crippen MR) is 77.6 cm³/mol. The average Bonchev–Trinajstić information content (AvgIpc) is 2.46. The van der Waals surface area contributed by atoms with Crippen LogP contribution in [0.5, 0.6) is 0 Å². The van der Waals surface area contributed by atoms with E-state index < -0.39 is 12.3 Å². The number of nitrogens with zero attached hydrogens (tertiary/aromatic N) is 1. The lowest BCUT2D eigenvalue weighted by Crippen LogP contribution is -2.23. The van der Waals surface area contributed by atoms with E-state index in [4.69, 9.17) is 14.7 Å². The molecular formula is C14H16BrNO4. The van der Waals surface area contributed by atoms with Crippen LogP contribution in [0.4, 0.5) is 0 Å². The second-order valence-corrected chi connectivity index (χ2v) is 5.46. The topological polar surface area (TPSA) is 68.1 Å². The van der Waals surface area contributed by atoms with Crippen molar-refractivity contribution in [1.82, 2.24) is 0 Å². The van der Waals surface area contributed by atoms with E-state index >= 15 is 0 Å². The summed E-state index contributed by atoms with van der Waals surface area (Å²) in [6, 6.07) is 7.42. The third-order valence-electron chi connectivity index (χ3n) is 2.95. The zero-order chi connectivity index (χ0) is 14.4. The number of carboxylic acid groups (broad SMARTS) is 1. The number of rotatable bonds is 5. The molecule has 0 radical (unpaired) electrons. The quantitative estimate of drug-likeness (QED) is 0.660. The lowest BCUT2D eigenvalue weighted by molar-refractivity contribution is -0.162. The molecule has 5 nitrogen and oxygen atoms in total. The summed E-state index contributed by atoms with van der Waals surface area (Å²) in [6.45, 7) is 0.634. The summed E-state index contributed by atoms with van der Waals surface area (Å²) in [6.07, 6.45) is 2.55. The van der Waals surface area contributed by atoms with Gasteiger partial charge in [0.05, 0.1) is 6.61 Å². The molecule has 0 aliphatic carbocycles. The number of carboxylic acids is 1. The molecule has 2 rings (SSSR count). The molecule has 1 heterocycles. The molecule has 1 atom stereocenters. The molecule has 1 saturated heterocycles. The smallest absolute Gasteiger partial charge is 0.354 e. The summed E-state index contributed by atoms with van der Waals surface area (Å²) < 4.78 is 6.29. The first-order chi connectivity index (χ1) is 9.65. The van der Waals surface area contributed by atoms with Gasteiger partial charge in [0.15, 0.2) is 5.71 Å². The van der Waals surface area contributed by atoms with Crippen LogP contribution < -0.4 is 0 Å². The molecular weight excluding hydrogens is 326 g/mol. The maximum Gasteiger partial charge on any atom is 0.354 e. The van der Waals surface area contributed by atoms with Crippen molar-refractivity contribution in [3.05, 3.63) is 34.3 Å². The Kier molecular flexibility index (Phi) is 5.55. The summed E-state index contributed by atoms with van der Waals surface area (Å²) in [5.74, 6) is -1.08. The van der Waals surface area contributed by atoms with E-state index in [1.807, 2.05) is 24.3 Å². The van der Waals surface area contributed by atoms with Crippen LogP contribution >= 0.6 is 15.9 Å². The summed E-state index contributed by atoms with van der Waals surface area (Å²) >= 11 is 3.34. The lowest BCUT2D eigenvalue weighted by atomic mass is 10.1. The van der Waals surface area contributed by atoms with Crippen molar-refractivity contribution >= 4 is 27.6 Å². The highest BCUT2D eigenvalue weighted by Crippen LogP contribution is 2.15. The van der Waals surface area contributed by atoms with Crippen LogP contribution in [0.3, 0.4) is 0 Å². The van der Waals surface area contributed by atoms with Crippen molar-refractivity contribution < 1.29 is 19.5 Å². The Bertz CT molecular complexity index is 480. The van der Waals surface area contributed by atoms with E-state index in [1.54, 1.807) is 0 Å². The summed E-state index contributed by atoms with van der Waals surface area (Å²) in [4.78, 5) is 16.4. The Labute approximate surface area is 125 Å². The normalized spacial score (nSPS) is 19.6.